The molecule has 0 bridgehead atoms. The maximum Gasteiger partial charge on any atom is 0.387 e. The number of likely N-dealkylation sites (tertiary alicyclic amines) is 1. The number of aliphatic imine (C=N–C) groups is 1. The second-order valence-electron chi connectivity index (χ2n) is 6.94. The Morgan fingerprint density at radius 3 is 2.62 bits per heavy atom. The van der Waals surface area contributed by atoms with E-state index in [1.165, 1.54) is 13.2 Å². The van der Waals surface area contributed by atoms with Gasteiger partial charge >= 0.3 is 6.61 Å². The minimum absolute atomic E-state index is 0.118. The molecule has 1 aromatic carbocycles. The number of alkyl halides is 2. The lowest BCUT2D eigenvalue weighted by atomic mass is 9.97. The van der Waals surface area contributed by atoms with Crippen molar-refractivity contribution < 1.29 is 23.0 Å². The molecule has 1 heterocycles. The number of piperidine rings is 1. The predicted molar refractivity (Wildman–Crippen MR) is 109 cm³/mol. The lowest BCUT2D eigenvalue weighted by molar-refractivity contribution is -0.0504. The van der Waals surface area contributed by atoms with Crippen LogP contribution in [-0.4, -0.2) is 71.5 Å². The number of hydrogen-bond donors (Lipinski definition) is 2. The summed E-state index contributed by atoms with van der Waals surface area (Å²) >= 11 is 0. The van der Waals surface area contributed by atoms with Gasteiger partial charge in [-0.05, 0) is 50.0 Å². The third kappa shape index (κ3) is 8.02. The molecule has 0 unspecified atom stereocenters. The van der Waals surface area contributed by atoms with Crippen LogP contribution in [-0.2, 0) is 11.3 Å². The van der Waals surface area contributed by atoms with Gasteiger partial charge in [-0.25, -0.2) is 0 Å². The highest BCUT2D eigenvalue weighted by Crippen LogP contribution is 2.25. The van der Waals surface area contributed by atoms with Gasteiger partial charge in [0.1, 0.15) is 11.5 Å². The highest BCUT2D eigenvalue weighted by molar-refractivity contribution is 5.79. The molecule has 1 saturated heterocycles. The Hall–Kier alpha value is -2.13. The molecule has 1 aromatic rings. The van der Waals surface area contributed by atoms with Crippen LogP contribution < -0.4 is 20.1 Å². The standard InChI is InChI=1S/C20H32F2N4O3/c1-23-20(24-13-15-6-8-26(9-7-15)10-11-27-2)25-14-16-12-17(28-3)4-5-18(16)29-19(21)22/h4-5,12,15,19H,6-11,13-14H2,1-3H3,(H2,23,24,25). The fourth-order valence-electron chi connectivity index (χ4n) is 3.31. The molecular formula is C20H32F2N4O3. The first-order chi connectivity index (χ1) is 14.0. The van der Waals surface area contributed by atoms with Crippen LogP contribution in [0.25, 0.3) is 0 Å². The molecule has 0 spiro atoms. The van der Waals surface area contributed by atoms with Crippen molar-refractivity contribution >= 4 is 5.96 Å². The smallest absolute Gasteiger partial charge is 0.387 e. The summed E-state index contributed by atoms with van der Waals surface area (Å²) < 4.78 is 40.2. The predicted octanol–water partition coefficient (Wildman–Crippen LogP) is 2.32. The van der Waals surface area contributed by atoms with Crippen molar-refractivity contribution in [3.05, 3.63) is 23.8 Å². The first-order valence-electron chi connectivity index (χ1n) is 9.83. The maximum atomic E-state index is 12.7. The molecular weight excluding hydrogens is 382 g/mol. The van der Waals surface area contributed by atoms with Gasteiger partial charge in [0, 0.05) is 39.4 Å². The molecule has 29 heavy (non-hydrogen) atoms. The quantitative estimate of drug-likeness (QED) is 0.453. The minimum Gasteiger partial charge on any atom is -0.497 e. The van der Waals surface area contributed by atoms with E-state index >= 15 is 0 Å². The molecule has 0 aliphatic carbocycles. The van der Waals surface area contributed by atoms with E-state index in [0.29, 0.717) is 23.2 Å². The topological polar surface area (TPSA) is 67.4 Å². The lowest BCUT2D eigenvalue weighted by Gasteiger charge is -2.32. The Bertz CT molecular complexity index is 638. The molecule has 1 aliphatic heterocycles. The molecule has 0 atom stereocenters. The summed E-state index contributed by atoms with van der Waals surface area (Å²) in [6.07, 6.45) is 2.24. The Kier molecular flexibility index (Phi) is 9.93. The number of rotatable bonds is 10. The van der Waals surface area contributed by atoms with Crippen LogP contribution in [0.3, 0.4) is 0 Å². The summed E-state index contributed by atoms with van der Waals surface area (Å²) in [5.41, 5.74) is 0.569. The van der Waals surface area contributed by atoms with Crippen molar-refractivity contribution in [3.63, 3.8) is 0 Å². The van der Waals surface area contributed by atoms with Gasteiger partial charge in [-0.1, -0.05) is 0 Å². The summed E-state index contributed by atoms with van der Waals surface area (Å²) in [5.74, 6) is 1.89. The van der Waals surface area contributed by atoms with E-state index in [2.05, 4.69) is 25.3 Å². The first kappa shape index (κ1) is 23.2. The summed E-state index contributed by atoms with van der Waals surface area (Å²) in [6.45, 7) is 2.10. The molecule has 1 fully saturated rings. The Morgan fingerprint density at radius 1 is 1.24 bits per heavy atom. The third-order valence-electron chi connectivity index (χ3n) is 5.03. The first-order valence-corrected chi connectivity index (χ1v) is 9.83. The number of guanidine groups is 1. The van der Waals surface area contributed by atoms with E-state index in [9.17, 15) is 8.78 Å². The Labute approximate surface area is 171 Å². The summed E-state index contributed by atoms with van der Waals surface area (Å²) in [5, 5.41) is 6.49. The summed E-state index contributed by atoms with van der Waals surface area (Å²) in [7, 11) is 4.94. The van der Waals surface area contributed by atoms with Crippen LogP contribution in [0, 0.1) is 5.92 Å². The van der Waals surface area contributed by atoms with Crippen LogP contribution in [0.1, 0.15) is 18.4 Å². The van der Waals surface area contributed by atoms with Crippen LogP contribution >= 0.6 is 0 Å². The average molecular weight is 414 g/mol. The summed E-state index contributed by atoms with van der Waals surface area (Å²) in [4.78, 5) is 6.64. The molecule has 0 radical (unpaired) electrons. The van der Waals surface area contributed by atoms with E-state index in [0.717, 1.165) is 45.6 Å². The monoisotopic (exact) mass is 414 g/mol. The second-order valence-corrected chi connectivity index (χ2v) is 6.94. The fourth-order valence-corrected chi connectivity index (χ4v) is 3.31. The fraction of sp³-hybridized carbons (Fsp3) is 0.650. The van der Waals surface area contributed by atoms with Crippen LogP contribution in [0.2, 0.25) is 0 Å². The second kappa shape index (κ2) is 12.4. The number of methoxy groups -OCH3 is 2. The molecule has 2 N–H and O–H groups in total. The molecule has 7 nitrogen and oxygen atoms in total. The van der Waals surface area contributed by atoms with Gasteiger partial charge in [0.15, 0.2) is 5.96 Å². The Morgan fingerprint density at radius 2 is 2.00 bits per heavy atom. The maximum absolute atomic E-state index is 12.7. The van der Waals surface area contributed by atoms with Gasteiger partial charge in [0.2, 0.25) is 0 Å². The van der Waals surface area contributed by atoms with Crippen LogP contribution in [0.5, 0.6) is 11.5 Å². The molecule has 2 rings (SSSR count). The third-order valence-corrected chi connectivity index (χ3v) is 5.03. The van der Waals surface area contributed by atoms with Gasteiger partial charge in [0.25, 0.3) is 0 Å². The van der Waals surface area contributed by atoms with Gasteiger partial charge in [-0.3, -0.25) is 4.99 Å². The highest BCUT2D eigenvalue weighted by Gasteiger charge is 2.19. The van der Waals surface area contributed by atoms with Crippen molar-refractivity contribution in [3.8, 4) is 11.5 Å². The van der Waals surface area contributed by atoms with E-state index in [1.54, 1.807) is 26.3 Å². The molecule has 0 aromatic heterocycles. The number of benzene rings is 1. The highest BCUT2D eigenvalue weighted by atomic mass is 19.3. The SMILES string of the molecule is CN=C(NCc1cc(OC)ccc1OC(F)F)NCC1CCN(CCOC)CC1. The van der Waals surface area contributed by atoms with Gasteiger partial charge < -0.3 is 29.7 Å². The van der Waals surface area contributed by atoms with E-state index in [1.807, 2.05) is 0 Å². The van der Waals surface area contributed by atoms with Gasteiger partial charge in [-0.15, -0.1) is 0 Å². The molecule has 9 heteroatoms. The summed E-state index contributed by atoms with van der Waals surface area (Å²) in [6, 6.07) is 4.75. The number of nitrogens with one attached hydrogen (secondary N) is 2. The van der Waals surface area contributed by atoms with E-state index in [4.69, 9.17) is 9.47 Å². The lowest BCUT2D eigenvalue weighted by Crippen LogP contribution is -2.43. The average Bonchev–Trinajstić information content (AvgIpc) is 2.73. The normalized spacial score (nSPS) is 16.1. The number of halogens is 2. The van der Waals surface area contributed by atoms with Gasteiger partial charge in [0.05, 0.1) is 13.7 Å². The molecule has 164 valence electrons. The Balaban J connectivity index is 1.82. The zero-order chi connectivity index (χ0) is 21.1. The van der Waals surface area contributed by atoms with Crippen molar-refractivity contribution in [2.45, 2.75) is 26.0 Å². The van der Waals surface area contributed by atoms with E-state index in [-0.39, 0.29) is 12.3 Å². The number of hydrogen-bond acceptors (Lipinski definition) is 5. The minimum atomic E-state index is -2.88. The van der Waals surface area contributed by atoms with Crippen molar-refractivity contribution in [1.82, 2.24) is 15.5 Å². The molecule has 0 saturated carbocycles. The number of nitrogens with zero attached hydrogens (tertiary/aromatic N) is 2. The molecule has 1 aliphatic rings. The largest absolute Gasteiger partial charge is 0.497 e. The van der Waals surface area contributed by atoms with Crippen molar-refractivity contribution in [2.75, 3.05) is 54.1 Å². The van der Waals surface area contributed by atoms with Crippen molar-refractivity contribution in [1.29, 1.82) is 0 Å². The van der Waals surface area contributed by atoms with E-state index < -0.39 is 6.61 Å². The number of ether oxygens (including phenoxy) is 3. The zero-order valence-corrected chi connectivity index (χ0v) is 17.4. The van der Waals surface area contributed by atoms with Crippen LogP contribution in [0.15, 0.2) is 23.2 Å². The van der Waals surface area contributed by atoms with Crippen LogP contribution in [0.4, 0.5) is 8.78 Å². The zero-order valence-electron chi connectivity index (χ0n) is 17.4. The molecule has 0 amide bonds. The van der Waals surface area contributed by atoms with Crippen molar-refractivity contribution in [2.24, 2.45) is 10.9 Å². The van der Waals surface area contributed by atoms with Gasteiger partial charge in [-0.2, -0.15) is 8.78 Å².